The van der Waals surface area contributed by atoms with Crippen LogP contribution in [0.5, 0.6) is 5.75 Å². The lowest BCUT2D eigenvalue weighted by Gasteiger charge is -2.12. The highest BCUT2D eigenvalue weighted by atomic mass is 35.5. The first kappa shape index (κ1) is 17.8. The maximum absolute atomic E-state index is 11.7. The molecule has 1 heterocycles. The van der Waals surface area contributed by atoms with Gasteiger partial charge in [0, 0.05) is 5.02 Å². The molecule has 0 unspecified atom stereocenters. The molecule has 24 heavy (non-hydrogen) atoms. The van der Waals surface area contributed by atoms with Gasteiger partial charge in [-0.1, -0.05) is 11.6 Å². The average Bonchev–Trinajstić information content (AvgIpc) is 3.06. The second-order valence-corrected chi connectivity index (χ2v) is 5.48. The normalized spacial score (nSPS) is 9.92. The number of furan rings is 1. The van der Waals surface area contributed by atoms with E-state index in [0.29, 0.717) is 10.8 Å². The minimum absolute atomic E-state index is 0.0765. The number of thiocarbonyl (C=S) groups is 1. The van der Waals surface area contributed by atoms with E-state index in [4.69, 9.17) is 33.0 Å². The third-order valence-electron chi connectivity index (χ3n) is 2.78. The van der Waals surface area contributed by atoms with Crippen LogP contribution in [-0.4, -0.2) is 23.5 Å². The third-order valence-corrected chi connectivity index (χ3v) is 3.22. The number of carbonyl (C=O) groups excluding carboxylic acids is 2. The summed E-state index contributed by atoms with van der Waals surface area (Å²) in [5.41, 5.74) is 5.51. The van der Waals surface area contributed by atoms with Gasteiger partial charge < -0.3 is 9.15 Å². The van der Waals surface area contributed by atoms with Gasteiger partial charge in [0.15, 0.2) is 17.5 Å². The first-order chi connectivity index (χ1) is 11.5. The number of carbonyl (C=O) groups is 2. The summed E-state index contributed by atoms with van der Waals surface area (Å²) in [5.74, 6) is -0.353. The van der Waals surface area contributed by atoms with E-state index in [2.05, 4.69) is 16.2 Å². The second kappa shape index (κ2) is 8.32. The first-order valence-corrected chi connectivity index (χ1v) is 7.57. The predicted octanol–water partition coefficient (Wildman–Crippen LogP) is 1.96. The number of hydrazine groups is 1. The quantitative estimate of drug-likeness (QED) is 0.565. The number of nitrogens with one attached hydrogen (secondary N) is 3. The van der Waals surface area contributed by atoms with Crippen LogP contribution in [0.4, 0.5) is 0 Å². The van der Waals surface area contributed by atoms with Crippen LogP contribution in [0.25, 0.3) is 0 Å². The number of halogens is 1. The third kappa shape index (κ3) is 5.25. The van der Waals surface area contributed by atoms with Crippen molar-refractivity contribution >= 4 is 40.7 Å². The molecular weight excluding hydrogens is 354 g/mol. The highest BCUT2D eigenvalue weighted by molar-refractivity contribution is 7.80. The molecule has 9 heteroatoms. The standard InChI is InChI=1S/C15H14ClN3O4S/c1-9-7-10(16)4-5-11(9)23-8-13(20)18-19-15(24)17-14(21)12-3-2-6-22-12/h2-7H,8H2,1H3,(H,18,20)(H2,17,19,21,24). The summed E-state index contributed by atoms with van der Waals surface area (Å²) >= 11 is 10.7. The Morgan fingerprint density at radius 2 is 2.08 bits per heavy atom. The topological polar surface area (TPSA) is 92.6 Å². The number of aryl methyl sites for hydroxylation is 1. The first-order valence-electron chi connectivity index (χ1n) is 6.78. The molecule has 0 spiro atoms. The van der Waals surface area contributed by atoms with Crippen LogP contribution in [-0.2, 0) is 4.79 Å². The van der Waals surface area contributed by atoms with Gasteiger partial charge >= 0.3 is 0 Å². The minimum Gasteiger partial charge on any atom is -0.483 e. The van der Waals surface area contributed by atoms with E-state index in [9.17, 15) is 9.59 Å². The smallest absolute Gasteiger partial charge is 0.293 e. The summed E-state index contributed by atoms with van der Waals surface area (Å²) in [7, 11) is 0. The van der Waals surface area contributed by atoms with Crippen LogP contribution in [0.3, 0.4) is 0 Å². The Bertz CT molecular complexity index is 749. The largest absolute Gasteiger partial charge is 0.483 e. The van der Waals surface area contributed by atoms with Crippen molar-refractivity contribution in [2.45, 2.75) is 6.92 Å². The lowest BCUT2D eigenvalue weighted by atomic mass is 10.2. The van der Waals surface area contributed by atoms with E-state index in [0.717, 1.165) is 5.56 Å². The van der Waals surface area contributed by atoms with Crippen LogP contribution in [0.2, 0.25) is 5.02 Å². The van der Waals surface area contributed by atoms with Gasteiger partial charge in [0.1, 0.15) is 5.75 Å². The van der Waals surface area contributed by atoms with Crippen molar-refractivity contribution in [2.75, 3.05) is 6.61 Å². The van der Waals surface area contributed by atoms with Crippen molar-refractivity contribution in [3.63, 3.8) is 0 Å². The van der Waals surface area contributed by atoms with Gasteiger partial charge in [0.2, 0.25) is 0 Å². The fraction of sp³-hybridized carbons (Fsp3) is 0.133. The van der Waals surface area contributed by atoms with E-state index in [1.54, 1.807) is 24.3 Å². The van der Waals surface area contributed by atoms with Crippen LogP contribution >= 0.6 is 23.8 Å². The molecule has 0 aliphatic heterocycles. The molecule has 0 aliphatic rings. The molecule has 0 fully saturated rings. The number of benzene rings is 1. The number of ether oxygens (including phenoxy) is 1. The second-order valence-electron chi connectivity index (χ2n) is 4.63. The summed E-state index contributed by atoms with van der Waals surface area (Å²) < 4.78 is 10.3. The van der Waals surface area contributed by atoms with Gasteiger partial charge in [0.25, 0.3) is 11.8 Å². The highest BCUT2D eigenvalue weighted by Gasteiger charge is 2.11. The SMILES string of the molecule is Cc1cc(Cl)ccc1OCC(=O)NNC(=S)NC(=O)c1ccco1. The van der Waals surface area contributed by atoms with Gasteiger partial charge in [0.05, 0.1) is 6.26 Å². The lowest BCUT2D eigenvalue weighted by Crippen LogP contribution is -2.49. The molecule has 0 bridgehead atoms. The fourth-order valence-electron chi connectivity index (χ4n) is 1.68. The Labute approximate surface area is 148 Å². The molecule has 7 nitrogen and oxygen atoms in total. The Balaban J connectivity index is 1.72. The molecule has 0 aliphatic carbocycles. The van der Waals surface area contributed by atoms with Crippen LogP contribution in [0.1, 0.15) is 16.1 Å². The van der Waals surface area contributed by atoms with E-state index in [1.165, 1.54) is 12.3 Å². The van der Waals surface area contributed by atoms with Gasteiger partial charge in [-0.25, -0.2) is 0 Å². The van der Waals surface area contributed by atoms with Crippen molar-refractivity contribution in [3.8, 4) is 5.75 Å². The van der Waals surface area contributed by atoms with Gasteiger partial charge in [-0.3, -0.25) is 25.8 Å². The molecule has 1 aromatic carbocycles. The van der Waals surface area contributed by atoms with Crippen molar-refractivity contribution in [3.05, 3.63) is 52.9 Å². The van der Waals surface area contributed by atoms with E-state index in [-0.39, 0.29) is 17.5 Å². The molecule has 3 N–H and O–H groups in total. The molecule has 1 aromatic heterocycles. The maximum Gasteiger partial charge on any atom is 0.293 e. The Kier molecular flexibility index (Phi) is 6.16. The molecule has 2 amide bonds. The summed E-state index contributed by atoms with van der Waals surface area (Å²) in [6, 6.07) is 8.13. The zero-order chi connectivity index (χ0) is 17.5. The van der Waals surface area contributed by atoms with Gasteiger partial charge in [-0.05, 0) is 55.0 Å². The maximum atomic E-state index is 11.7. The van der Waals surface area contributed by atoms with Crippen LogP contribution in [0.15, 0.2) is 41.0 Å². The fourth-order valence-corrected chi connectivity index (χ4v) is 2.05. The van der Waals surface area contributed by atoms with Gasteiger partial charge in [-0.2, -0.15) is 0 Å². The predicted molar refractivity (Wildman–Crippen MR) is 91.7 cm³/mol. The van der Waals surface area contributed by atoms with E-state index >= 15 is 0 Å². The Morgan fingerprint density at radius 1 is 1.29 bits per heavy atom. The van der Waals surface area contributed by atoms with Crippen LogP contribution < -0.4 is 20.9 Å². The van der Waals surface area contributed by atoms with Crippen molar-refractivity contribution in [1.29, 1.82) is 0 Å². The molecule has 0 atom stereocenters. The Hall–Kier alpha value is -2.58. The van der Waals surface area contributed by atoms with Crippen LogP contribution in [0, 0.1) is 6.92 Å². The summed E-state index contributed by atoms with van der Waals surface area (Å²) in [6.45, 7) is 1.58. The molecule has 126 valence electrons. The zero-order valence-corrected chi connectivity index (χ0v) is 14.2. The number of amides is 2. The number of hydrogen-bond donors (Lipinski definition) is 3. The molecule has 0 saturated carbocycles. The van der Waals surface area contributed by atoms with E-state index in [1.807, 2.05) is 6.92 Å². The molecule has 0 radical (unpaired) electrons. The Morgan fingerprint density at radius 3 is 2.75 bits per heavy atom. The van der Waals surface area contributed by atoms with Crippen molar-refractivity contribution in [1.82, 2.24) is 16.2 Å². The highest BCUT2D eigenvalue weighted by Crippen LogP contribution is 2.21. The molecule has 2 rings (SSSR count). The van der Waals surface area contributed by atoms with E-state index < -0.39 is 11.8 Å². The minimum atomic E-state index is -0.528. The summed E-state index contributed by atoms with van der Waals surface area (Å²) in [6.07, 6.45) is 1.36. The summed E-state index contributed by atoms with van der Waals surface area (Å²) in [4.78, 5) is 23.4. The number of rotatable bonds is 4. The molecular formula is C15H14ClN3O4S. The molecule has 0 saturated heterocycles. The average molecular weight is 368 g/mol. The molecule has 2 aromatic rings. The number of hydrogen-bond acceptors (Lipinski definition) is 5. The van der Waals surface area contributed by atoms with Crippen molar-refractivity contribution in [2.24, 2.45) is 0 Å². The monoisotopic (exact) mass is 367 g/mol. The lowest BCUT2D eigenvalue weighted by molar-refractivity contribution is -0.123. The zero-order valence-electron chi connectivity index (χ0n) is 12.6. The van der Waals surface area contributed by atoms with Crippen molar-refractivity contribution < 1.29 is 18.7 Å². The van der Waals surface area contributed by atoms with Gasteiger partial charge in [-0.15, -0.1) is 0 Å². The summed E-state index contributed by atoms with van der Waals surface area (Å²) in [5, 5.41) is 2.85.